The molecule has 1 aliphatic rings. The fourth-order valence-electron chi connectivity index (χ4n) is 0.871. The van der Waals surface area contributed by atoms with E-state index in [4.69, 9.17) is 5.73 Å². The van der Waals surface area contributed by atoms with E-state index >= 15 is 0 Å². The maximum absolute atomic E-state index is 5.50. The highest BCUT2D eigenvalue weighted by molar-refractivity contribution is 5.19. The fraction of sp³-hybridized carbons (Fsp3) is 0.429. The average molecular weight is 109 g/mol. The van der Waals surface area contributed by atoms with E-state index in [2.05, 4.69) is 19.1 Å². The van der Waals surface area contributed by atoms with Crippen LogP contribution in [0, 0.1) is 5.92 Å². The molecule has 0 aromatic carbocycles. The van der Waals surface area contributed by atoms with Crippen LogP contribution in [0.15, 0.2) is 23.9 Å². The number of nitrogens with two attached hydrogens (primary N) is 1. The molecule has 0 heterocycles. The summed E-state index contributed by atoms with van der Waals surface area (Å²) in [5, 5.41) is 0. The number of allylic oxidation sites excluding steroid dienone is 3. The maximum atomic E-state index is 5.50. The van der Waals surface area contributed by atoms with E-state index in [-0.39, 0.29) is 0 Å². The Morgan fingerprint density at radius 1 is 1.75 bits per heavy atom. The molecule has 0 fully saturated rings. The van der Waals surface area contributed by atoms with Crippen molar-refractivity contribution in [1.82, 2.24) is 0 Å². The van der Waals surface area contributed by atoms with Crippen LogP contribution in [-0.2, 0) is 0 Å². The van der Waals surface area contributed by atoms with Crippen molar-refractivity contribution in [2.24, 2.45) is 11.7 Å². The Hall–Kier alpha value is -0.720. The molecule has 0 aromatic heterocycles. The van der Waals surface area contributed by atoms with Gasteiger partial charge in [0, 0.05) is 5.70 Å². The van der Waals surface area contributed by atoms with Crippen molar-refractivity contribution in [1.29, 1.82) is 0 Å². The van der Waals surface area contributed by atoms with Crippen molar-refractivity contribution in [2.45, 2.75) is 13.3 Å². The van der Waals surface area contributed by atoms with Crippen LogP contribution in [0.25, 0.3) is 0 Å². The predicted molar refractivity (Wildman–Crippen MR) is 35.2 cm³/mol. The second kappa shape index (κ2) is 2.03. The first-order valence-electron chi connectivity index (χ1n) is 2.93. The van der Waals surface area contributed by atoms with Gasteiger partial charge in [-0.1, -0.05) is 19.1 Å². The molecule has 0 aromatic rings. The molecular formula is C7H11N. The van der Waals surface area contributed by atoms with Crippen LogP contribution < -0.4 is 5.73 Å². The summed E-state index contributed by atoms with van der Waals surface area (Å²) < 4.78 is 0. The molecule has 0 bridgehead atoms. The topological polar surface area (TPSA) is 26.0 Å². The molecule has 0 saturated carbocycles. The van der Waals surface area contributed by atoms with E-state index in [0.717, 1.165) is 12.1 Å². The summed E-state index contributed by atoms with van der Waals surface area (Å²) in [6, 6.07) is 0. The maximum Gasteiger partial charge on any atom is 0.0273 e. The summed E-state index contributed by atoms with van der Waals surface area (Å²) in [5.74, 6) is 0.639. The number of hydrogen-bond donors (Lipinski definition) is 1. The van der Waals surface area contributed by atoms with Gasteiger partial charge in [0.2, 0.25) is 0 Å². The van der Waals surface area contributed by atoms with Crippen LogP contribution in [-0.4, -0.2) is 0 Å². The minimum atomic E-state index is 0.639. The molecule has 0 amide bonds. The van der Waals surface area contributed by atoms with Crippen molar-refractivity contribution < 1.29 is 0 Å². The smallest absolute Gasteiger partial charge is 0.0273 e. The van der Waals surface area contributed by atoms with E-state index in [1.807, 2.05) is 6.08 Å². The number of rotatable bonds is 0. The molecule has 0 radical (unpaired) electrons. The van der Waals surface area contributed by atoms with Crippen LogP contribution in [0.3, 0.4) is 0 Å². The first kappa shape index (κ1) is 5.42. The lowest BCUT2D eigenvalue weighted by Crippen LogP contribution is -2.01. The highest BCUT2D eigenvalue weighted by Crippen LogP contribution is 2.11. The van der Waals surface area contributed by atoms with E-state index in [1.54, 1.807) is 0 Å². The van der Waals surface area contributed by atoms with E-state index in [0.29, 0.717) is 5.92 Å². The zero-order valence-electron chi connectivity index (χ0n) is 5.09. The lowest BCUT2D eigenvalue weighted by Gasteiger charge is -2.07. The largest absolute Gasteiger partial charge is 0.399 e. The third-order valence-electron chi connectivity index (χ3n) is 1.30. The summed E-state index contributed by atoms with van der Waals surface area (Å²) in [6.07, 6.45) is 7.29. The van der Waals surface area contributed by atoms with Gasteiger partial charge >= 0.3 is 0 Å². The van der Waals surface area contributed by atoms with Gasteiger partial charge in [-0.15, -0.1) is 0 Å². The van der Waals surface area contributed by atoms with Crippen molar-refractivity contribution >= 4 is 0 Å². The molecule has 1 aliphatic carbocycles. The Bertz CT molecular complexity index is 133. The Morgan fingerprint density at radius 2 is 2.50 bits per heavy atom. The molecule has 0 saturated heterocycles. The summed E-state index contributed by atoms with van der Waals surface area (Å²) >= 11 is 0. The zero-order chi connectivity index (χ0) is 5.98. The van der Waals surface area contributed by atoms with Gasteiger partial charge in [0.1, 0.15) is 0 Å². The Morgan fingerprint density at radius 3 is 2.88 bits per heavy atom. The molecule has 0 aliphatic heterocycles. The fourth-order valence-corrected chi connectivity index (χ4v) is 0.871. The van der Waals surface area contributed by atoms with Crippen molar-refractivity contribution in [3.8, 4) is 0 Å². The van der Waals surface area contributed by atoms with Gasteiger partial charge < -0.3 is 5.73 Å². The molecule has 0 spiro atoms. The average Bonchev–Trinajstić information content (AvgIpc) is 1.64. The van der Waals surface area contributed by atoms with Gasteiger partial charge in [-0.3, -0.25) is 0 Å². The summed E-state index contributed by atoms with van der Waals surface area (Å²) in [4.78, 5) is 0. The first-order chi connectivity index (χ1) is 3.79. The molecule has 1 nitrogen and oxygen atoms in total. The first-order valence-corrected chi connectivity index (χ1v) is 2.93. The third kappa shape index (κ3) is 1.12. The lowest BCUT2D eigenvalue weighted by molar-refractivity contribution is 0.727. The van der Waals surface area contributed by atoms with Gasteiger partial charge in [0.25, 0.3) is 0 Å². The van der Waals surface area contributed by atoms with E-state index in [9.17, 15) is 0 Å². The van der Waals surface area contributed by atoms with Crippen LogP contribution in [0.1, 0.15) is 13.3 Å². The zero-order valence-corrected chi connectivity index (χ0v) is 5.09. The molecule has 2 N–H and O–H groups in total. The van der Waals surface area contributed by atoms with Crippen LogP contribution in [0.5, 0.6) is 0 Å². The Labute approximate surface area is 49.9 Å². The minimum absolute atomic E-state index is 0.639. The van der Waals surface area contributed by atoms with Crippen LogP contribution in [0.2, 0.25) is 0 Å². The Kier molecular flexibility index (Phi) is 1.38. The van der Waals surface area contributed by atoms with Gasteiger partial charge in [0.15, 0.2) is 0 Å². The second-order valence-corrected chi connectivity index (χ2v) is 2.28. The van der Waals surface area contributed by atoms with Crippen molar-refractivity contribution in [2.75, 3.05) is 0 Å². The summed E-state index contributed by atoms with van der Waals surface area (Å²) in [7, 11) is 0. The summed E-state index contributed by atoms with van der Waals surface area (Å²) in [6.45, 7) is 2.16. The van der Waals surface area contributed by atoms with Gasteiger partial charge in [0.05, 0.1) is 0 Å². The highest BCUT2D eigenvalue weighted by atomic mass is 14.6. The van der Waals surface area contributed by atoms with Crippen molar-refractivity contribution in [3.05, 3.63) is 23.9 Å². The molecule has 1 atom stereocenters. The molecule has 1 rings (SSSR count). The molecule has 0 unspecified atom stereocenters. The molecular weight excluding hydrogens is 98.1 g/mol. The third-order valence-corrected chi connectivity index (χ3v) is 1.30. The summed E-state index contributed by atoms with van der Waals surface area (Å²) in [5.41, 5.74) is 6.41. The van der Waals surface area contributed by atoms with Gasteiger partial charge in [-0.05, 0) is 18.4 Å². The van der Waals surface area contributed by atoms with Crippen LogP contribution in [0.4, 0.5) is 0 Å². The minimum Gasteiger partial charge on any atom is -0.399 e. The second-order valence-electron chi connectivity index (χ2n) is 2.28. The SMILES string of the molecule is C[C@H]1C=C(N)C=CC1. The normalized spacial score (nSPS) is 27.6. The van der Waals surface area contributed by atoms with E-state index in [1.165, 1.54) is 0 Å². The quantitative estimate of drug-likeness (QED) is 0.500. The van der Waals surface area contributed by atoms with E-state index < -0.39 is 0 Å². The monoisotopic (exact) mass is 109 g/mol. The van der Waals surface area contributed by atoms with Crippen molar-refractivity contribution in [3.63, 3.8) is 0 Å². The van der Waals surface area contributed by atoms with Crippen LogP contribution >= 0.6 is 0 Å². The standard InChI is InChI=1S/C7H11N/c1-6-3-2-4-7(8)5-6/h2,4-6H,3,8H2,1H3/t6-/m1/s1. The van der Waals surface area contributed by atoms with Gasteiger partial charge in [-0.25, -0.2) is 0 Å². The predicted octanol–water partition coefficient (Wildman–Crippen LogP) is 1.43. The molecule has 44 valence electrons. The lowest BCUT2D eigenvalue weighted by atomic mass is 10.0. The molecule has 8 heavy (non-hydrogen) atoms. The highest BCUT2D eigenvalue weighted by Gasteiger charge is 1.98. The van der Waals surface area contributed by atoms with Gasteiger partial charge in [-0.2, -0.15) is 0 Å². The molecule has 1 heteroatoms. The Balaban J connectivity index is 2.63. The number of hydrogen-bond acceptors (Lipinski definition) is 1.